The second-order valence-electron chi connectivity index (χ2n) is 5.82. The molecule has 0 aliphatic carbocycles. The van der Waals surface area contributed by atoms with Gasteiger partial charge in [-0.15, -0.1) is 0 Å². The van der Waals surface area contributed by atoms with Crippen molar-refractivity contribution in [3.05, 3.63) is 24.2 Å². The van der Waals surface area contributed by atoms with Gasteiger partial charge in [0.05, 0.1) is 18.8 Å². The average Bonchev–Trinajstić information content (AvgIpc) is 2.98. The van der Waals surface area contributed by atoms with E-state index < -0.39 is 0 Å². The Kier molecular flexibility index (Phi) is 4.83. The third kappa shape index (κ3) is 3.61. The summed E-state index contributed by atoms with van der Waals surface area (Å²) >= 11 is 0. The molecule has 0 aromatic carbocycles. The zero-order valence-electron chi connectivity index (χ0n) is 12.6. The highest BCUT2D eigenvalue weighted by molar-refractivity contribution is 5.81. The first kappa shape index (κ1) is 15.1. The Morgan fingerprint density at radius 2 is 2.20 bits per heavy atom. The lowest BCUT2D eigenvalue weighted by Crippen LogP contribution is -2.54. The highest BCUT2D eigenvalue weighted by atomic mass is 16.3. The molecular formula is C15H25N3O2. The van der Waals surface area contributed by atoms with E-state index in [4.69, 9.17) is 4.42 Å². The van der Waals surface area contributed by atoms with Gasteiger partial charge in [0.25, 0.3) is 0 Å². The van der Waals surface area contributed by atoms with Crippen molar-refractivity contribution >= 4 is 5.91 Å². The minimum atomic E-state index is -0.0913. The van der Waals surface area contributed by atoms with Crippen molar-refractivity contribution in [1.82, 2.24) is 15.5 Å². The summed E-state index contributed by atoms with van der Waals surface area (Å²) in [6.45, 7) is 6.57. The van der Waals surface area contributed by atoms with Crippen LogP contribution in [0.1, 0.15) is 32.4 Å². The van der Waals surface area contributed by atoms with Gasteiger partial charge in [-0.05, 0) is 45.9 Å². The van der Waals surface area contributed by atoms with Crippen LogP contribution < -0.4 is 10.6 Å². The first-order valence-electron chi connectivity index (χ1n) is 7.27. The number of carbonyl (C=O) groups is 1. The molecule has 1 atom stereocenters. The lowest BCUT2D eigenvalue weighted by molar-refractivity contribution is -0.126. The molecule has 0 bridgehead atoms. The first-order valence-corrected chi connectivity index (χ1v) is 7.27. The number of nitrogens with zero attached hydrogens (tertiary/aromatic N) is 1. The van der Waals surface area contributed by atoms with Crippen LogP contribution in [0.3, 0.4) is 0 Å². The van der Waals surface area contributed by atoms with Crippen molar-refractivity contribution in [2.45, 2.75) is 44.8 Å². The summed E-state index contributed by atoms with van der Waals surface area (Å²) in [7, 11) is 2.01. The number of piperidine rings is 1. The fraction of sp³-hybridized carbons (Fsp3) is 0.667. The van der Waals surface area contributed by atoms with Crippen LogP contribution in [0.4, 0.5) is 0 Å². The Labute approximate surface area is 120 Å². The second kappa shape index (κ2) is 6.41. The van der Waals surface area contributed by atoms with Gasteiger partial charge in [0.1, 0.15) is 5.76 Å². The van der Waals surface area contributed by atoms with E-state index in [1.165, 1.54) is 0 Å². The molecule has 0 saturated carbocycles. The molecule has 2 heterocycles. The van der Waals surface area contributed by atoms with E-state index in [9.17, 15) is 4.79 Å². The zero-order chi connectivity index (χ0) is 14.6. The van der Waals surface area contributed by atoms with E-state index in [-0.39, 0.29) is 17.5 Å². The van der Waals surface area contributed by atoms with Crippen LogP contribution in [0, 0.1) is 0 Å². The van der Waals surface area contributed by atoms with Crippen molar-refractivity contribution in [2.24, 2.45) is 0 Å². The van der Waals surface area contributed by atoms with Crippen LogP contribution in [0.25, 0.3) is 0 Å². The van der Waals surface area contributed by atoms with Gasteiger partial charge in [-0.2, -0.15) is 0 Å². The number of rotatable bonds is 5. The largest absolute Gasteiger partial charge is 0.467 e. The highest BCUT2D eigenvalue weighted by Crippen LogP contribution is 2.22. The summed E-state index contributed by atoms with van der Waals surface area (Å²) in [6, 6.07) is 3.60. The van der Waals surface area contributed by atoms with E-state index in [0.29, 0.717) is 6.54 Å². The van der Waals surface area contributed by atoms with Crippen LogP contribution in [-0.2, 0) is 11.3 Å². The molecule has 1 fully saturated rings. The molecule has 5 nitrogen and oxygen atoms in total. The van der Waals surface area contributed by atoms with Crippen molar-refractivity contribution in [3.63, 3.8) is 0 Å². The number of hydrogen-bond acceptors (Lipinski definition) is 4. The quantitative estimate of drug-likeness (QED) is 0.854. The van der Waals surface area contributed by atoms with Crippen molar-refractivity contribution in [2.75, 3.05) is 20.1 Å². The molecule has 20 heavy (non-hydrogen) atoms. The molecule has 1 aliphatic rings. The summed E-state index contributed by atoms with van der Waals surface area (Å²) in [5.41, 5.74) is 0.209. The Balaban J connectivity index is 1.79. The molecular weight excluding hydrogens is 254 g/mol. The standard InChI is InChI=1S/C15H25N3O2/c1-12(14(19)17-11-13-5-4-10-20-13)18-8-6-15(2,16-3)7-9-18/h4-5,10,12,16H,6-9,11H2,1-3H3,(H,17,19). The van der Waals surface area contributed by atoms with Crippen molar-refractivity contribution < 1.29 is 9.21 Å². The first-order chi connectivity index (χ1) is 9.54. The molecule has 1 aromatic rings. The number of likely N-dealkylation sites (tertiary alicyclic amines) is 1. The van der Waals surface area contributed by atoms with Gasteiger partial charge in [-0.25, -0.2) is 0 Å². The van der Waals surface area contributed by atoms with Gasteiger partial charge < -0.3 is 15.1 Å². The van der Waals surface area contributed by atoms with E-state index in [0.717, 1.165) is 31.7 Å². The third-order valence-corrected chi connectivity index (χ3v) is 4.45. The lowest BCUT2D eigenvalue weighted by atomic mass is 9.89. The molecule has 1 unspecified atom stereocenters. The topological polar surface area (TPSA) is 57.5 Å². The summed E-state index contributed by atoms with van der Waals surface area (Å²) in [5, 5.41) is 6.30. The summed E-state index contributed by atoms with van der Waals surface area (Å²) in [5.74, 6) is 0.849. The van der Waals surface area contributed by atoms with Gasteiger partial charge in [-0.1, -0.05) is 0 Å². The molecule has 1 amide bonds. The maximum atomic E-state index is 12.2. The number of hydrogen-bond donors (Lipinski definition) is 2. The van der Waals surface area contributed by atoms with E-state index in [2.05, 4.69) is 22.5 Å². The maximum absolute atomic E-state index is 12.2. The smallest absolute Gasteiger partial charge is 0.237 e. The van der Waals surface area contributed by atoms with E-state index in [1.54, 1.807) is 6.26 Å². The number of nitrogens with one attached hydrogen (secondary N) is 2. The average molecular weight is 279 g/mol. The van der Waals surface area contributed by atoms with E-state index >= 15 is 0 Å². The predicted molar refractivity (Wildman–Crippen MR) is 78.3 cm³/mol. The van der Waals surface area contributed by atoms with Crippen LogP contribution in [0.2, 0.25) is 0 Å². The number of furan rings is 1. The lowest BCUT2D eigenvalue weighted by Gasteiger charge is -2.41. The Morgan fingerprint density at radius 3 is 2.75 bits per heavy atom. The van der Waals surface area contributed by atoms with Crippen LogP contribution >= 0.6 is 0 Å². The van der Waals surface area contributed by atoms with E-state index in [1.807, 2.05) is 26.1 Å². The molecule has 1 aromatic heterocycles. The zero-order valence-corrected chi connectivity index (χ0v) is 12.6. The molecule has 2 N–H and O–H groups in total. The number of amides is 1. The molecule has 112 valence electrons. The normalized spacial score (nSPS) is 20.6. The monoisotopic (exact) mass is 279 g/mol. The van der Waals surface area contributed by atoms with Gasteiger partial charge in [-0.3, -0.25) is 9.69 Å². The van der Waals surface area contributed by atoms with Crippen molar-refractivity contribution in [3.8, 4) is 0 Å². The minimum absolute atomic E-state index is 0.0643. The highest BCUT2D eigenvalue weighted by Gasteiger charge is 2.32. The van der Waals surface area contributed by atoms with Crippen LogP contribution in [-0.4, -0.2) is 42.5 Å². The molecule has 0 radical (unpaired) electrons. The molecule has 5 heteroatoms. The van der Waals surface area contributed by atoms with Gasteiger partial charge in [0.15, 0.2) is 0 Å². The van der Waals surface area contributed by atoms with Crippen LogP contribution in [0.5, 0.6) is 0 Å². The Morgan fingerprint density at radius 1 is 1.50 bits per heavy atom. The molecule has 2 rings (SSSR count). The maximum Gasteiger partial charge on any atom is 0.237 e. The fourth-order valence-electron chi connectivity index (χ4n) is 2.56. The SMILES string of the molecule is CNC1(C)CCN(C(C)C(=O)NCc2ccco2)CC1. The summed E-state index contributed by atoms with van der Waals surface area (Å²) < 4.78 is 5.21. The molecule has 1 aliphatic heterocycles. The fourth-order valence-corrected chi connectivity index (χ4v) is 2.56. The predicted octanol–water partition coefficient (Wildman–Crippen LogP) is 1.36. The van der Waals surface area contributed by atoms with Gasteiger partial charge >= 0.3 is 0 Å². The van der Waals surface area contributed by atoms with Gasteiger partial charge in [0.2, 0.25) is 5.91 Å². The Hall–Kier alpha value is -1.33. The Bertz CT molecular complexity index is 422. The molecule has 1 saturated heterocycles. The third-order valence-electron chi connectivity index (χ3n) is 4.45. The van der Waals surface area contributed by atoms with Gasteiger partial charge in [0, 0.05) is 18.6 Å². The van der Waals surface area contributed by atoms with Crippen LogP contribution in [0.15, 0.2) is 22.8 Å². The summed E-state index contributed by atoms with van der Waals surface area (Å²) in [4.78, 5) is 14.4. The summed E-state index contributed by atoms with van der Waals surface area (Å²) in [6.07, 6.45) is 3.76. The van der Waals surface area contributed by atoms with Crippen molar-refractivity contribution in [1.29, 1.82) is 0 Å². The molecule has 0 spiro atoms. The second-order valence-corrected chi connectivity index (χ2v) is 5.82. The number of carbonyl (C=O) groups excluding carboxylic acids is 1. The minimum Gasteiger partial charge on any atom is -0.467 e.